The number of carbonyl (C=O) groups is 3. The molecule has 0 aliphatic carbocycles. The molecule has 1 aliphatic heterocycles. The van der Waals surface area contributed by atoms with Crippen molar-refractivity contribution in [2.45, 2.75) is 27.7 Å². The summed E-state index contributed by atoms with van der Waals surface area (Å²) in [6, 6.07) is 6.31. The molecule has 2 N–H and O–H groups in total. The Bertz CT molecular complexity index is 729. The molecule has 1 unspecified atom stereocenters. The molecule has 1 aromatic carbocycles. The average Bonchev–Trinajstić information content (AvgIpc) is 2.69. The topological polar surface area (TPSA) is 83.4 Å². The Morgan fingerprint density at radius 3 is 2.38 bits per heavy atom. The fourth-order valence-corrected chi connectivity index (χ4v) is 3.47. The Morgan fingerprint density at radius 1 is 1.07 bits per heavy atom. The van der Waals surface area contributed by atoms with Crippen LogP contribution in [-0.2, 0) is 14.3 Å². The molecule has 0 radical (unpaired) electrons. The summed E-state index contributed by atoms with van der Waals surface area (Å²) in [6.07, 6.45) is -0.748. The van der Waals surface area contributed by atoms with Gasteiger partial charge in [-0.05, 0) is 44.9 Å². The van der Waals surface area contributed by atoms with Gasteiger partial charge in [0.05, 0.1) is 13.2 Å². The number of piperazine rings is 1. The second-order valence-corrected chi connectivity index (χ2v) is 7.31. The van der Waals surface area contributed by atoms with Gasteiger partial charge in [-0.25, -0.2) is 4.79 Å². The molecule has 1 atom stereocenters. The van der Waals surface area contributed by atoms with Crippen molar-refractivity contribution in [1.29, 1.82) is 0 Å². The number of amides is 3. The van der Waals surface area contributed by atoms with E-state index in [-0.39, 0.29) is 25.6 Å². The number of carbonyl (C=O) groups excluding carboxylic acids is 3. The van der Waals surface area contributed by atoms with Gasteiger partial charge in [0.2, 0.25) is 0 Å². The van der Waals surface area contributed by atoms with Crippen LogP contribution in [0.2, 0.25) is 0 Å². The van der Waals surface area contributed by atoms with Crippen LogP contribution in [0.15, 0.2) is 18.2 Å². The summed E-state index contributed by atoms with van der Waals surface area (Å²) in [4.78, 5) is 41.0. The van der Waals surface area contributed by atoms with Crippen LogP contribution in [0.25, 0.3) is 0 Å². The highest BCUT2D eigenvalue weighted by atomic mass is 16.5. The summed E-state index contributed by atoms with van der Waals surface area (Å²) in [5.41, 5.74) is 3.78. The number of nitrogens with zero attached hydrogens (tertiary/aromatic N) is 2. The number of likely N-dealkylation sites (N-methyl/N-ethyl adjacent to an activating group) is 1. The Balaban J connectivity index is 1.84. The van der Waals surface area contributed by atoms with Crippen molar-refractivity contribution in [3.8, 4) is 0 Å². The maximum absolute atomic E-state index is 12.7. The molecular weight excluding hydrogens is 372 g/mol. The van der Waals surface area contributed by atoms with Gasteiger partial charge in [-0.2, -0.15) is 0 Å². The normalized spacial score (nSPS) is 15.0. The van der Waals surface area contributed by atoms with E-state index in [2.05, 4.69) is 42.3 Å². The van der Waals surface area contributed by atoms with E-state index in [0.717, 1.165) is 18.0 Å². The van der Waals surface area contributed by atoms with E-state index in [1.54, 1.807) is 6.92 Å². The molecule has 0 bridgehead atoms. The predicted molar refractivity (Wildman–Crippen MR) is 111 cm³/mol. The standard InChI is InChI=1S/C21H32N4O4/c1-5-23(14-19(26)22-21(28)29-6-2)15-20(27)25-12-10-24(11-13-25)18-9-7-8-16(3)17(18)4/h7-9H,5-6,10-15H2,1-4H3,(H,22,26,28)/p+1. The molecule has 1 fully saturated rings. The highest BCUT2D eigenvalue weighted by Crippen LogP contribution is 2.23. The van der Waals surface area contributed by atoms with Gasteiger partial charge in [0.25, 0.3) is 11.8 Å². The first-order valence-electron chi connectivity index (χ1n) is 10.2. The second-order valence-electron chi connectivity index (χ2n) is 7.31. The second kappa shape index (κ2) is 10.8. The van der Waals surface area contributed by atoms with Gasteiger partial charge in [-0.1, -0.05) is 12.1 Å². The number of alkyl carbamates (subject to hydrolysis) is 1. The van der Waals surface area contributed by atoms with Crippen molar-refractivity contribution in [1.82, 2.24) is 10.2 Å². The molecule has 160 valence electrons. The van der Waals surface area contributed by atoms with E-state index < -0.39 is 12.0 Å². The molecule has 3 amide bonds. The third-order valence-electron chi connectivity index (χ3n) is 5.38. The quantitative estimate of drug-likeness (QED) is 0.674. The number of ether oxygens (including phenoxy) is 1. The van der Waals surface area contributed by atoms with Crippen LogP contribution in [0.1, 0.15) is 25.0 Å². The van der Waals surface area contributed by atoms with Crippen molar-refractivity contribution in [2.24, 2.45) is 0 Å². The minimum Gasteiger partial charge on any atom is -0.450 e. The van der Waals surface area contributed by atoms with E-state index >= 15 is 0 Å². The fourth-order valence-electron chi connectivity index (χ4n) is 3.47. The number of imide groups is 1. The van der Waals surface area contributed by atoms with Crippen molar-refractivity contribution in [2.75, 3.05) is 57.3 Å². The van der Waals surface area contributed by atoms with Gasteiger partial charge in [-0.3, -0.25) is 14.9 Å². The summed E-state index contributed by atoms with van der Waals surface area (Å²) in [5.74, 6) is -0.403. The van der Waals surface area contributed by atoms with E-state index in [1.807, 2.05) is 11.8 Å². The molecule has 0 spiro atoms. The van der Waals surface area contributed by atoms with E-state index in [1.165, 1.54) is 16.8 Å². The van der Waals surface area contributed by atoms with Gasteiger partial charge >= 0.3 is 6.09 Å². The Kier molecular flexibility index (Phi) is 8.45. The first-order chi connectivity index (χ1) is 13.8. The van der Waals surface area contributed by atoms with Crippen LogP contribution in [0, 0.1) is 13.8 Å². The summed E-state index contributed by atoms with van der Waals surface area (Å²) in [6.45, 7) is 11.9. The first kappa shape index (κ1) is 22.7. The third kappa shape index (κ3) is 6.45. The predicted octanol–water partition coefficient (Wildman–Crippen LogP) is 0.130. The number of nitrogens with one attached hydrogen (secondary N) is 2. The van der Waals surface area contributed by atoms with Crippen LogP contribution in [0.3, 0.4) is 0 Å². The zero-order chi connectivity index (χ0) is 21.4. The molecule has 1 saturated heterocycles. The van der Waals surface area contributed by atoms with E-state index in [0.29, 0.717) is 19.6 Å². The summed E-state index contributed by atoms with van der Waals surface area (Å²) in [7, 11) is 0. The number of quaternary nitrogens is 1. The molecule has 8 heteroatoms. The third-order valence-corrected chi connectivity index (χ3v) is 5.38. The van der Waals surface area contributed by atoms with Crippen LogP contribution >= 0.6 is 0 Å². The highest BCUT2D eigenvalue weighted by molar-refractivity contribution is 5.92. The SMILES string of the molecule is CCOC(=O)NC(=O)C[NH+](CC)CC(=O)N1CCN(c2cccc(C)c2C)CC1. The van der Waals surface area contributed by atoms with Gasteiger partial charge in [0.15, 0.2) is 13.1 Å². The molecule has 1 heterocycles. The van der Waals surface area contributed by atoms with Gasteiger partial charge in [0, 0.05) is 31.9 Å². The maximum Gasteiger partial charge on any atom is 0.414 e. The lowest BCUT2D eigenvalue weighted by Crippen LogP contribution is -3.14. The zero-order valence-electron chi connectivity index (χ0n) is 17.9. The zero-order valence-corrected chi connectivity index (χ0v) is 17.9. The molecular formula is C21H33N4O4+. The lowest BCUT2D eigenvalue weighted by molar-refractivity contribution is -0.882. The number of benzene rings is 1. The minimum atomic E-state index is -0.748. The molecule has 8 nitrogen and oxygen atoms in total. The van der Waals surface area contributed by atoms with Gasteiger partial charge < -0.3 is 19.4 Å². The van der Waals surface area contributed by atoms with E-state index in [9.17, 15) is 14.4 Å². The summed E-state index contributed by atoms with van der Waals surface area (Å²) in [5, 5.41) is 2.18. The molecule has 29 heavy (non-hydrogen) atoms. The monoisotopic (exact) mass is 405 g/mol. The van der Waals surface area contributed by atoms with Crippen LogP contribution in [0.5, 0.6) is 0 Å². The minimum absolute atomic E-state index is 0.0337. The van der Waals surface area contributed by atoms with Crippen LogP contribution in [0.4, 0.5) is 10.5 Å². The maximum atomic E-state index is 12.7. The molecule has 2 rings (SSSR count). The fraction of sp³-hybridized carbons (Fsp3) is 0.571. The lowest BCUT2D eigenvalue weighted by Gasteiger charge is -2.37. The molecule has 0 saturated carbocycles. The van der Waals surface area contributed by atoms with E-state index in [4.69, 9.17) is 4.74 Å². The average molecular weight is 406 g/mol. The number of aryl methyl sites for hydroxylation is 1. The number of hydrogen-bond acceptors (Lipinski definition) is 5. The highest BCUT2D eigenvalue weighted by Gasteiger charge is 2.26. The number of anilines is 1. The Hall–Kier alpha value is -2.61. The first-order valence-corrected chi connectivity index (χ1v) is 10.2. The summed E-state index contributed by atoms with van der Waals surface area (Å²) < 4.78 is 4.71. The Labute approximate surface area is 172 Å². The van der Waals surface area contributed by atoms with Crippen LogP contribution in [-0.4, -0.2) is 75.2 Å². The molecule has 1 aliphatic rings. The van der Waals surface area contributed by atoms with Gasteiger partial charge in [0.1, 0.15) is 0 Å². The summed E-state index contributed by atoms with van der Waals surface area (Å²) >= 11 is 0. The van der Waals surface area contributed by atoms with Gasteiger partial charge in [-0.15, -0.1) is 0 Å². The van der Waals surface area contributed by atoms with Crippen molar-refractivity contribution < 1.29 is 24.0 Å². The van der Waals surface area contributed by atoms with Crippen LogP contribution < -0.4 is 15.1 Å². The van der Waals surface area contributed by atoms with Crippen molar-refractivity contribution in [3.05, 3.63) is 29.3 Å². The molecule has 0 aromatic heterocycles. The van der Waals surface area contributed by atoms with Crippen molar-refractivity contribution in [3.63, 3.8) is 0 Å². The number of rotatable bonds is 7. The number of hydrogen-bond donors (Lipinski definition) is 2. The Morgan fingerprint density at radius 2 is 1.76 bits per heavy atom. The molecule has 1 aromatic rings. The smallest absolute Gasteiger partial charge is 0.414 e. The lowest BCUT2D eigenvalue weighted by atomic mass is 10.1. The van der Waals surface area contributed by atoms with Crippen molar-refractivity contribution >= 4 is 23.6 Å². The largest absolute Gasteiger partial charge is 0.450 e.